The Morgan fingerprint density at radius 1 is 1.50 bits per heavy atom. The van der Waals surface area contributed by atoms with E-state index in [-0.39, 0.29) is 0 Å². The molecular formula is C12H18N2O2. The third-order valence-electron chi connectivity index (χ3n) is 2.19. The first kappa shape index (κ1) is 12.6. The predicted octanol–water partition coefficient (Wildman–Crippen LogP) is 1.49. The molecule has 1 heterocycles. The van der Waals surface area contributed by atoms with Gasteiger partial charge in [0.05, 0.1) is 5.60 Å². The van der Waals surface area contributed by atoms with E-state index in [0.717, 1.165) is 18.6 Å². The minimum Gasteiger partial charge on any atom is -0.389 e. The van der Waals surface area contributed by atoms with E-state index >= 15 is 0 Å². The van der Waals surface area contributed by atoms with Crippen molar-refractivity contribution in [3.63, 3.8) is 0 Å². The Bertz CT molecular complexity index is 341. The number of aldehydes is 1. The van der Waals surface area contributed by atoms with Gasteiger partial charge in [-0.1, -0.05) is 0 Å². The number of nitrogens with zero attached hydrogens (tertiary/aromatic N) is 2. The maximum Gasteiger partial charge on any atom is 0.151 e. The van der Waals surface area contributed by atoms with Crippen molar-refractivity contribution < 1.29 is 9.90 Å². The van der Waals surface area contributed by atoms with Gasteiger partial charge in [-0.15, -0.1) is 0 Å². The normalized spacial score (nSPS) is 11.2. The Hall–Kier alpha value is -1.42. The van der Waals surface area contributed by atoms with Crippen LogP contribution in [0.1, 0.15) is 31.1 Å². The number of hydrogen-bond acceptors (Lipinski definition) is 4. The second-order valence-electron chi connectivity index (χ2n) is 4.39. The first-order valence-electron chi connectivity index (χ1n) is 5.35. The minimum atomic E-state index is -0.763. The van der Waals surface area contributed by atoms with E-state index in [0.29, 0.717) is 12.1 Å². The number of carbonyl (C=O) groups is 1. The van der Waals surface area contributed by atoms with Gasteiger partial charge in [0.1, 0.15) is 5.82 Å². The van der Waals surface area contributed by atoms with Gasteiger partial charge in [0.15, 0.2) is 6.29 Å². The number of aliphatic hydroxyl groups is 1. The van der Waals surface area contributed by atoms with Gasteiger partial charge in [-0.2, -0.15) is 0 Å². The summed E-state index contributed by atoms with van der Waals surface area (Å²) in [7, 11) is 0. The van der Waals surface area contributed by atoms with Crippen LogP contribution in [0.5, 0.6) is 0 Å². The lowest BCUT2D eigenvalue weighted by Gasteiger charge is -2.28. The molecule has 0 saturated carbocycles. The van der Waals surface area contributed by atoms with Crippen molar-refractivity contribution >= 4 is 12.1 Å². The van der Waals surface area contributed by atoms with Crippen LogP contribution in [0.2, 0.25) is 0 Å². The van der Waals surface area contributed by atoms with E-state index in [1.165, 1.54) is 6.20 Å². The lowest BCUT2D eigenvalue weighted by atomic mass is 10.1. The van der Waals surface area contributed by atoms with Crippen LogP contribution in [0.3, 0.4) is 0 Å². The van der Waals surface area contributed by atoms with Crippen LogP contribution in [-0.2, 0) is 0 Å². The van der Waals surface area contributed by atoms with Crippen molar-refractivity contribution in [2.75, 3.05) is 18.0 Å². The monoisotopic (exact) mass is 222 g/mol. The number of anilines is 1. The van der Waals surface area contributed by atoms with E-state index in [2.05, 4.69) is 4.98 Å². The molecule has 0 fully saturated rings. The van der Waals surface area contributed by atoms with Crippen LogP contribution in [0.15, 0.2) is 18.3 Å². The number of likely N-dealkylation sites (N-methyl/N-ethyl adjacent to an activating group) is 1. The van der Waals surface area contributed by atoms with E-state index < -0.39 is 5.60 Å². The van der Waals surface area contributed by atoms with E-state index in [1.807, 2.05) is 11.8 Å². The van der Waals surface area contributed by atoms with Crippen LogP contribution in [0.25, 0.3) is 0 Å². The van der Waals surface area contributed by atoms with Gasteiger partial charge in [-0.05, 0) is 32.9 Å². The third-order valence-corrected chi connectivity index (χ3v) is 2.19. The first-order valence-corrected chi connectivity index (χ1v) is 5.35. The summed E-state index contributed by atoms with van der Waals surface area (Å²) in [5.41, 5.74) is -0.204. The van der Waals surface area contributed by atoms with Crippen molar-refractivity contribution in [1.29, 1.82) is 0 Å². The van der Waals surface area contributed by atoms with Crippen LogP contribution >= 0.6 is 0 Å². The van der Waals surface area contributed by atoms with Gasteiger partial charge in [0.2, 0.25) is 0 Å². The Morgan fingerprint density at radius 2 is 2.19 bits per heavy atom. The molecule has 0 unspecified atom stereocenters. The van der Waals surface area contributed by atoms with Crippen LogP contribution < -0.4 is 4.90 Å². The van der Waals surface area contributed by atoms with Gasteiger partial charge in [0, 0.05) is 24.8 Å². The molecule has 0 aliphatic heterocycles. The molecule has 0 radical (unpaired) electrons. The smallest absolute Gasteiger partial charge is 0.151 e. The molecule has 1 aromatic rings. The molecular weight excluding hydrogens is 204 g/mol. The number of rotatable bonds is 5. The predicted molar refractivity (Wildman–Crippen MR) is 63.8 cm³/mol. The fourth-order valence-corrected chi connectivity index (χ4v) is 1.48. The largest absolute Gasteiger partial charge is 0.389 e. The van der Waals surface area contributed by atoms with Crippen molar-refractivity contribution in [2.45, 2.75) is 26.4 Å². The van der Waals surface area contributed by atoms with Gasteiger partial charge < -0.3 is 10.0 Å². The van der Waals surface area contributed by atoms with Crippen molar-refractivity contribution in [1.82, 2.24) is 4.98 Å². The molecule has 0 amide bonds. The van der Waals surface area contributed by atoms with E-state index in [9.17, 15) is 9.90 Å². The van der Waals surface area contributed by atoms with Crippen LogP contribution in [-0.4, -0.2) is 35.1 Å². The average Bonchev–Trinajstić information content (AvgIpc) is 2.25. The molecule has 4 nitrogen and oxygen atoms in total. The highest BCUT2D eigenvalue weighted by Gasteiger charge is 2.18. The molecule has 88 valence electrons. The zero-order chi connectivity index (χ0) is 12.2. The van der Waals surface area contributed by atoms with E-state index in [4.69, 9.17) is 0 Å². The summed E-state index contributed by atoms with van der Waals surface area (Å²) >= 11 is 0. The third kappa shape index (κ3) is 3.62. The summed E-state index contributed by atoms with van der Waals surface area (Å²) < 4.78 is 0. The fraction of sp³-hybridized carbons (Fsp3) is 0.500. The molecule has 1 aromatic heterocycles. The summed E-state index contributed by atoms with van der Waals surface area (Å²) in [6, 6.07) is 3.52. The maximum absolute atomic E-state index is 10.5. The molecule has 0 aliphatic carbocycles. The minimum absolute atomic E-state index is 0.511. The second-order valence-corrected chi connectivity index (χ2v) is 4.39. The summed E-state index contributed by atoms with van der Waals surface area (Å²) in [5.74, 6) is 0.773. The Morgan fingerprint density at radius 3 is 2.56 bits per heavy atom. The lowest BCUT2D eigenvalue weighted by Crippen LogP contribution is -2.39. The molecule has 4 heteroatoms. The second kappa shape index (κ2) is 5.07. The number of hydrogen-bond donors (Lipinski definition) is 1. The summed E-state index contributed by atoms with van der Waals surface area (Å²) in [4.78, 5) is 16.6. The molecule has 0 aliphatic rings. The van der Waals surface area contributed by atoms with Crippen molar-refractivity contribution in [3.8, 4) is 0 Å². The highest BCUT2D eigenvalue weighted by atomic mass is 16.3. The molecule has 1 rings (SSSR count). The van der Waals surface area contributed by atoms with E-state index in [1.54, 1.807) is 26.0 Å². The number of pyridine rings is 1. The Kier molecular flexibility index (Phi) is 4.01. The first-order chi connectivity index (χ1) is 7.46. The quantitative estimate of drug-likeness (QED) is 0.767. The molecule has 1 N–H and O–H groups in total. The Labute approximate surface area is 95.9 Å². The van der Waals surface area contributed by atoms with Crippen LogP contribution in [0, 0.1) is 0 Å². The summed E-state index contributed by atoms with van der Waals surface area (Å²) in [6.07, 6.45) is 2.30. The number of carbonyl (C=O) groups excluding carboxylic acids is 1. The van der Waals surface area contributed by atoms with Crippen molar-refractivity contribution in [2.24, 2.45) is 0 Å². The van der Waals surface area contributed by atoms with Gasteiger partial charge in [-0.3, -0.25) is 4.79 Å². The molecule has 0 aromatic carbocycles. The molecule has 0 saturated heterocycles. The highest BCUT2D eigenvalue weighted by molar-refractivity contribution is 5.74. The molecule has 0 atom stereocenters. The number of aromatic nitrogens is 1. The summed E-state index contributed by atoms with van der Waals surface area (Å²) in [5, 5.41) is 9.76. The zero-order valence-corrected chi connectivity index (χ0v) is 9.97. The molecule has 0 bridgehead atoms. The van der Waals surface area contributed by atoms with Gasteiger partial charge >= 0.3 is 0 Å². The maximum atomic E-state index is 10.5. The fourth-order valence-electron chi connectivity index (χ4n) is 1.48. The highest BCUT2D eigenvalue weighted by Crippen LogP contribution is 2.14. The standard InChI is InChI=1S/C12H18N2O2/c1-4-14(9-12(2,3)16)11-6-5-10(8-15)7-13-11/h5-8,16H,4,9H2,1-3H3. The average molecular weight is 222 g/mol. The Balaban J connectivity index is 2.82. The topological polar surface area (TPSA) is 53.4 Å². The molecule has 16 heavy (non-hydrogen) atoms. The van der Waals surface area contributed by atoms with Gasteiger partial charge in [-0.25, -0.2) is 4.98 Å². The summed E-state index contributed by atoms with van der Waals surface area (Å²) in [6.45, 7) is 6.79. The SMILES string of the molecule is CCN(CC(C)(C)O)c1ccc(C=O)cn1. The lowest BCUT2D eigenvalue weighted by molar-refractivity contribution is 0.0874. The molecule has 0 spiro atoms. The zero-order valence-electron chi connectivity index (χ0n) is 9.97. The van der Waals surface area contributed by atoms with Crippen molar-refractivity contribution in [3.05, 3.63) is 23.9 Å². The van der Waals surface area contributed by atoms with Crippen LogP contribution in [0.4, 0.5) is 5.82 Å². The van der Waals surface area contributed by atoms with Gasteiger partial charge in [0.25, 0.3) is 0 Å².